The second kappa shape index (κ2) is 6.98. The van der Waals surface area contributed by atoms with Gasteiger partial charge in [-0.05, 0) is 30.7 Å². The summed E-state index contributed by atoms with van der Waals surface area (Å²) in [6.45, 7) is 5.44. The molecule has 6 heteroatoms. The molecular weight excluding hydrogens is 285 g/mol. The molecule has 116 valence electrons. The Bertz CT molecular complexity index is 657. The van der Waals surface area contributed by atoms with Crippen LogP contribution in [-0.2, 0) is 11.2 Å². The van der Waals surface area contributed by atoms with Crippen molar-refractivity contribution in [1.82, 2.24) is 9.97 Å². The summed E-state index contributed by atoms with van der Waals surface area (Å²) < 4.78 is 19.4. The van der Waals surface area contributed by atoms with Crippen LogP contribution < -0.4 is 10.1 Å². The zero-order chi connectivity index (χ0) is 16.1. The maximum atomic E-state index is 14.0. The molecule has 0 saturated carbocycles. The first kappa shape index (κ1) is 15.9. The molecule has 0 aliphatic carbocycles. The van der Waals surface area contributed by atoms with Crippen molar-refractivity contribution in [1.29, 1.82) is 0 Å². The third-order valence-electron chi connectivity index (χ3n) is 3.03. The lowest BCUT2D eigenvalue weighted by Crippen LogP contribution is -2.17. The fraction of sp³-hybridized carbons (Fsp3) is 0.312. The van der Waals surface area contributed by atoms with Crippen LogP contribution in [0, 0.1) is 11.7 Å². The maximum absolute atomic E-state index is 14.0. The Hall–Kier alpha value is -2.50. The molecule has 0 fully saturated rings. The number of ether oxygens (including phenoxy) is 1. The molecule has 5 nitrogen and oxygen atoms in total. The lowest BCUT2D eigenvalue weighted by Gasteiger charge is -2.10. The molecule has 1 aromatic heterocycles. The highest BCUT2D eigenvalue weighted by Crippen LogP contribution is 2.24. The summed E-state index contributed by atoms with van der Waals surface area (Å²) in [5, 5.41) is 2.77. The lowest BCUT2D eigenvalue weighted by molar-refractivity contribution is -0.118. The van der Waals surface area contributed by atoms with Crippen LogP contribution in [0.2, 0.25) is 0 Å². The number of carbonyl (C=O) groups excluding carboxylic acids is 1. The van der Waals surface area contributed by atoms with Gasteiger partial charge in [0.1, 0.15) is 12.1 Å². The molecule has 0 aliphatic heterocycles. The molecule has 0 radical (unpaired) electrons. The van der Waals surface area contributed by atoms with Gasteiger partial charge in [-0.25, -0.2) is 4.98 Å². The van der Waals surface area contributed by atoms with Crippen molar-refractivity contribution < 1.29 is 13.9 Å². The predicted molar refractivity (Wildman–Crippen MR) is 81.4 cm³/mol. The van der Waals surface area contributed by atoms with E-state index in [4.69, 9.17) is 4.74 Å². The van der Waals surface area contributed by atoms with Gasteiger partial charge in [0.05, 0.1) is 5.69 Å². The van der Waals surface area contributed by atoms with Gasteiger partial charge in [0.25, 0.3) is 5.88 Å². The molecular formula is C16H18FN3O2. The first-order valence-electron chi connectivity index (χ1n) is 7.09. The maximum Gasteiger partial charge on any atom is 0.259 e. The molecule has 0 unspecified atom stereocenters. The van der Waals surface area contributed by atoms with Gasteiger partial charge in [0.2, 0.25) is 11.7 Å². The number of rotatable bonds is 5. The van der Waals surface area contributed by atoms with Gasteiger partial charge >= 0.3 is 0 Å². The first-order chi connectivity index (χ1) is 10.5. The summed E-state index contributed by atoms with van der Waals surface area (Å²) in [6, 6.07) is 6.66. The number of nitrogens with zero attached hydrogens (tertiary/aromatic N) is 2. The van der Waals surface area contributed by atoms with Gasteiger partial charge in [0.15, 0.2) is 0 Å². The van der Waals surface area contributed by atoms with Crippen molar-refractivity contribution in [2.24, 2.45) is 5.92 Å². The van der Waals surface area contributed by atoms with Gasteiger partial charge in [-0.3, -0.25) is 4.79 Å². The Morgan fingerprint density at radius 1 is 1.27 bits per heavy atom. The number of aryl methyl sites for hydroxylation is 1. The number of carbonyl (C=O) groups is 1. The molecule has 0 spiro atoms. The van der Waals surface area contributed by atoms with Crippen LogP contribution in [-0.4, -0.2) is 15.9 Å². The summed E-state index contributed by atoms with van der Waals surface area (Å²) in [7, 11) is 0. The zero-order valence-electron chi connectivity index (χ0n) is 12.8. The van der Waals surface area contributed by atoms with E-state index < -0.39 is 5.82 Å². The van der Waals surface area contributed by atoms with E-state index in [1.165, 1.54) is 6.33 Å². The Morgan fingerprint density at radius 3 is 2.55 bits per heavy atom. The number of amides is 1. The van der Waals surface area contributed by atoms with E-state index >= 15 is 0 Å². The fourth-order valence-electron chi connectivity index (χ4n) is 1.71. The molecule has 0 saturated heterocycles. The highest BCUT2D eigenvalue weighted by Gasteiger charge is 2.12. The van der Waals surface area contributed by atoms with Crippen molar-refractivity contribution in [3.05, 3.63) is 42.1 Å². The van der Waals surface area contributed by atoms with Crippen LogP contribution in [0.25, 0.3) is 0 Å². The Labute approximate surface area is 128 Å². The molecule has 2 rings (SSSR count). The third-order valence-corrected chi connectivity index (χ3v) is 3.03. The van der Waals surface area contributed by atoms with Crippen molar-refractivity contribution in [2.45, 2.75) is 27.2 Å². The van der Waals surface area contributed by atoms with E-state index in [0.717, 1.165) is 0 Å². The molecule has 0 bridgehead atoms. The predicted octanol–water partition coefficient (Wildman–Crippen LogP) is 3.56. The van der Waals surface area contributed by atoms with E-state index in [-0.39, 0.29) is 17.7 Å². The highest BCUT2D eigenvalue weighted by molar-refractivity contribution is 5.92. The number of aromatic nitrogens is 2. The highest BCUT2D eigenvalue weighted by atomic mass is 19.1. The van der Waals surface area contributed by atoms with Crippen LogP contribution in [0.15, 0.2) is 30.6 Å². The number of hydrogen-bond donors (Lipinski definition) is 1. The van der Waals surface area contributed by atoms with Gasteiger partial charge < -0.3 is 10.1 Å². The average molecular weight is 303 g/mol. The number of benzene rings is 1. The van der Waals surface area contributed by atoms with Crippen LogP contribution in [0.4, 0.5) is 10.1 Å². The molecule has 0 atom stereocenters. The monoisotopic (exact) mass is 303 g/mol. The van der Waals surface area contributed by atoms with Crippen LogP contribution in [0.1, 0.15) is 26.5 Å². The Balaban J connectivity index is 2.10. The fourth-order valence-corrected chi connectivity index (χ4v) is 1.71. The minimum atomic E-state index is -0.554. The largest absolute Gasteiger partial charge is 0.436 e. The normalized spacial score (nSPS) is 10.6. The number of hydrogen-bond acceptors (Lipinski definition) is 4. The molecule has 0 aliphatic rings. The molecule has 1 heterocycles. The molecule has 1 N–H and O–H groups in total. The first-order valence-corrected chi connectivity index (χ1v) is 7.09. The van der Waals surface area contributed by atoms with E-state index in [0.29, 0.717) is 23.6 Å². The smallest absolute Gasteiger partial charge is 0.259 e. The quantitative estimate of drug-likeness (QED) is 0.917. The Morgan fingerprint density at radius 2 is 1.95 bits per heavy atom. The molecule has 22 heavy (non-hydrogen) atoms. The minimum Gasteiger partial charge on any atom is -0.436 e. The second-order valence-electron chi connectivity index (χ2n) is 5.06. The van der Waals surface area contributed by atoms with E-state index in [2.05, 4.69) is 15.3 Å². The minimum absolute atomic E-state index is 0.0666. The van der Waals surface area contributed by atoms with E-state index in [9.17, 15) is 9.18 Å². The van der Waals surface area contributed by atoms with Crippen molar-refractivity contribution in [3.63, 3.8) is 0 Å². The number of halogens is 1. The second-order valence-corrected chi connectivity index (χ2v) is 5.06. The molecule has 1 amide bonds. The Kier molecular flexibility index (Phi) is 5.04. The topological polar surface area (TPSA) is 64.1 Å². The summed E-state index contributed by atoms with van der Waals surface area (Å²) in [5.74, 6) is -0.392. The van der Waals surface area contributed by atoms with Gasteiger partial charge in [-0.1, -0.05) is 20.8 Å². The van der Waals surface area contributed by atoms with Crippen LogP contribution in [0.5, 0.6) is 11.6 Å². The SMILES string of the molecule is CCc1ncnc(Oc2ccc(NC(=O)C(C)C)cc2)c1F. The number of anilines is 1. The number of nitrogens with one attached hydrogen (secondary N) is 1. The summed E-state index contributed by atoms with van der Waals surface area (Å²) in [5.41, 5.74) is 0.967. The average Bonchev–Trinajstić information content (AvgIpc) is 2.51. The summed E-state index contributed by atoms with van der Waals surface area (Å²) in [4.78, 5) is 19.2. The molecule has 1 aromatic carbocycles. The van der Waals surface area contributed by atoms with E-state index in [1.54, 1.807) is 31.2 Å². The standard InChI is InChI=1S/C16H18FN3O2/c1-4-13-14(17)16(19-9-18-13)22-12-7-5-11(6-8-12)20-15(21)10(2)3/h5-10H,4H2,1-3H3,(H,20,21). The van der Waals surface area contributed by atoms with E-state index in [1.807, 2.05) is 13.8 Å². The summed E-state index contributed by atoms with van der Waals surface area (Å²) in [6.07, 6.45) is 1.74. The van der Waals surface area contributed by atoms with Crippen molar-refractivity contribution >= 4 is 11.6 Å². The summed E-state index contributed by atoms with van der Waals surface area (Å²) >= 11 is 0. The molecule has 2 aromatic rings. The van der Waals surface area contributed by atoms with Crippen molar-refractivity contribution in [3.8, 4) is 11.6 Å². The van der Waals surface area contributed by atoms with Crippen LogP contribution >= 0.6 is 0 Å². The van der Waals surface area contributed by atoms with Crippen LogP contribution in [0.3, 0.4) is 0 Å². The zero-order valence-corrected chi connectivity index (χ0v) is 12.8. The third kappa shape index (κ3) is 3.78. The van der Waals surface area contributed by atoms with Gasteiger partial charge in [-0.15, -0.1) is 0 Å². The lowest BCUT2D eigenvalue weighted by atomic mass is 10.2. The van der Waals surface area contributed by atoms with Crippen molar-refractivity contribution in [2.75, 3.05) is 5.32 Å². The van der Waals surface area contributed by atoms with Gasteiger partial charge in [0, 0.05) is 11.6 Å². The van der Waals surface area contributed by atoms with Gasteiger partial charge in [-0.2, -0.15) is 9.37 Å².